The molecule has 0 saturated carbocycles. The molecule has 1 N–H and O–H groups in total. The minimum absolute atomic E-state index is 0.302. The normalized spacial score (nSPS) is 11.5. The first-order valence-corrected chi connectivity index (χ1v) is 11.6. The lowest BCUT2D eigenvalue weighted by Gasteiger charge is -2.15. The van der Waals surface area contributed by atoms with E-state index in [0.29, 0.717) is 41.6 Å². The van der Waals surface area contributed by atoms with Crippen LogP contribution in [0.3, 0.4) is 0 Å². The Labute approximate surface area is 197 Å². The molecule has 0 amide bonds. The largest absolute Gasteiger partial charge is 0.325 e. The van der Waals surface area contributed by atoms with E-state index in [0.717, 1.165) is 26.5 Å². The van der Waals surface area contributed by atoms with Crippen molar-refractivity contribution in [1.82, 2.24) is 24.1 Å². The zero-order valence-corrected chi connectivity index (χ0v) is 19.3. The smallest absolute Gasteiger partial charge is 0.300 e. The molecule has 7 nitrogen and oxygen atoms in total. The molecule has 0 radical (unpaired) electrons. The fraction of sp³-hybridized carbons (Fsp3) is 0.217. The van der Waals surface area contributed by atoms with Crippen LogP contribution in [0.2, 0.25) is 5.02 Å². The molecule has 3 aromatic heterocycles. The molecule has 33 heavy (non-hydrogen) atoms. The number of hydrogen-bond acceptors (Lipinski definition) is 6. The van der Waals surface area contributed by atoms with E-state index in [9.17, 15) is 9.18 Å². The predicted octanol–water partition coefficient (Wildman–Crippen LogP) is 5.32. The molecule has 0 aliphatic carbocycles. The van der Waals surface area contributed by atoms with E-state index < -0.39 is 12.2 Å². The van der Waals surface area contributed by atoms with Gasteiger partial charge in [-0.1, -0.05) is 23.7 Å². The van der Waals surface area contributed by atoms with E-state index in [-0.39, 0.29) is 0 Å². The van der Waals surface area contributed by atoms with Gasteiger partial charge in [0, 0.05) is 17.3 Å². The summed E-state index contributed by atoms with van der Waals surface area (Å²) in [5.74, 6) is 0.374. The molecule has 0 aliphatic heterocycles. The maximum Gasteiger partial charge on any atom is 0.300 e. The van der Waals surface area contributed by atoms with Crippen molar-refractivity contribution in [3.8, 4) is 0 Å². The van der Waals surface area contributed by atoms with Gasteiger partial charge in [-0.15, -0.1) is 11.3 Å². The third kappa shape index (κ3) is 4.34. The molecule has 2 aromatic carbocycles. The van der Waals surface area contributed by atoms with Crippen molar-refractivity contribution >= 4 is 56.0 Å². The number of rotatable bonds is 7. The number of thiazole rings is 1. The van der Waals surface area contributed by atoms with E-state index in [4.69, 9.17) is 11.6 Å². The number of fused-ring (bicyclic) bond motifs is 2. The van der Waals surface area contributed by atoms with Crippen LogP contribution in [-0.2, 0) is 13.1 Å². The summed E-state index contributed by atoms with van der Waals surface area (Å²) in [5, 5.41) is 4.92. The summed E-state index contributed by atoms with van der Waals surface area (Å²) in [6, 6.07) is 13.3. The summed E-state index contributed by atoms with van der Waals surface area (Å²) >= 11 is 7.65. The van der Waals surface area contributed by atoms with Gasteiger partial charge in [0.25, 0.3) is 0 Å². The molecule has 3 heterocycles. The van der Waals surface area contributed by atoms with E-state index in [1.54, 1.807) is 22.2 Å². The van der Waals surface area contributed by atoms with E-state index in [1.807, 2.05) is 54.0 Å². The standard InChI is InChI=1S/C23H20ClFN6OS/c1-14-27-18-8-7-17(11-19(18)33-14)28-23-29-22(32)20-21(26-13-30(20)10-2-9-25)31(23)12-15-3-5-16(24)6-4-15/h3-8,11,13H,2,9-10,12H2,1H3,(H,28,29,32). The summed E-state index contributed by atoms with van der Waals surface area (Å²) in [6.45, 7) is 2.28. The van der Waals surface area contributed by atoms with Crippen molar-refractivity contribution in [3.05, 3.63) is 74.7 Å². The molecule has 5 aromatic rings. The van der Waals surface area contributed by atoms with Gasteiger partial charge < -0.3 is 9.88 Å². The fourth-order valence-electron chi connectivity index (χ4n) is 3.76. The van der Waals surface area contributed by atoms with Crippen molar-refractivity contribution < 1.29 is 4.39 Å². The van der Waals surface area contributed by atoms with Gasteiger partial charge in [0.2, 0.25) is 5.95 Å². The zero-order valence-electron chi connectivity index (χ0n) is 17.8. The summed E-state index contributed by atoms with van der Waals surface area (Å²) in [6.07, 6.45) is 1.87. The lowest BCUT2D eigenvalue weighted by Crippen LogP contribution is -2.20. The molecule has 0 saturated heterocycles. The van der Waals surface area contributed by atoms with Gasteiger partial charge in [0.15, 0.2) is 11.2 Å². The molecule has 5 rings (SSSR count). The number of nitrogens with zero attached hydrogens (tertiary/aromatic N) is 5. The quantitative estimate of drug-likeness (QED) is 0.340. The highest BCUT2D eigenvalue weighted by Gasteiger charge is 2.17. The molecule has 0 spiro atoms. The molecule has 10 heteroatoms. The number of nitrogens with one attached hydrogen (secondary N) is 1. The number of halogens is 2. The first-order valence-electron chi connectivity index (χ1n) is 10.4. The Balaban J connectivity index is 1.62. The van der Waals surface area contributed by atoms with Crippen molar-refractivity contribution in [3.63, 3.8) is 0 Å². The summed E-state index contributed by atoms with van der Waals surface area (Å²) in [5.41, 5.74) is 3.13. The maximum absolute atomic E-state index is 13.0. The molecule has 0 bridgehead atoms. The van der Waals surface area contributed by atoms with Gasteiger partial charge >= 0.3 is 5.56 Å². The minimum atomic E-state index is -0.467. The Hall–Kier alpha value is -3.30. The first-order chi connectivity index (χ1) is 16.0. The van der Waals surface area contributed by atoms with Gasteiger partial charge in [-0.25, -0.2) is 9.97 Å². The maximum atomic E-state index is 13.0. The van der Waals surface area contributed by atoms with E-state index in [2.05, 4.69) is 20.3 Å². The molecule has 0 aliphatic rings. The van der Waals surface area contributed by atoms with Crippen LogP contribution in [0.15, 0.2) is 53.6 Å². The summed E-state index contributed by atoms with van der Waals surface area (Å²) in [7, 11) is 0. The van der Waals surface area contributed by atoms with Crippen LogP contribution in [0, 0.1) is 6.92 Å². The Morgan fingerprint density at radius 1 is 1.15 bits per heavy atom. The molecule has 0 atom stereocenters. The van der Waals surface area contributed by atoms with Crippen LogP contribution in [0.1, 0.15) is 17.0 Å². The van der Waals surface area contributed by atoms with E-state index >= 15 is 0 Å². The molecule has 168 valence electrons. The van der Waals surface area contributed by atoms with Crippen LogP contribution < -0.4 is 10.9 Å². The lowest BCUT2D eigenvalue weighted by atomic mass is 10.2. The monoisotopic (exact) mass is 482 g/mol. The van der Waals surface area contributed by atoms with Crippen molar-refractivity contribution in [1.29, 1.82) is 0 Å². The van der Waals surface area contributed by atoms with Crippen LogP contribution in [0.4, 0.5) is 16.0 Å². The first kappa shape index (κ1) is 21.5. The highest BCUT2D eigenvalue weighted by molar-refractivity contribution is 7.18. The van der Waals surface area contributed by atoms with Crippen LogP contribution in [-0.4, -0.2) is 30.8 Å². The number of aryl methyl sites for hydroxylation is 2. The Bertz CT molecular complexity index is 1510. The molecule has 0 fully saturated rings. The Morgan fingerprint density at radius 3 is 2.76 bits per heavy atom. The van der Waals surface area contributed by atoms with Gasteiger partial charge in [-0.3, -0.25) is 13.8 Å². The number of aromatic nitrogens is 5. The molecular formula is C23H20ClFN6OS. The van der Waals surface area contributed by atoms with Crippen LogP contribution in [0.5, 0.6) is 0 Å². The predicted molar refractivity (Wildman–Crippen MR) is 131 cm³/mol. The van der Waals surface area contributed by atoms with Gasteiger partial charge in [-0.2, -0.15) is 4.98 Å². The lowest BCUT2D eigenvalue weighted by molar-refractivity contribution is 0.449. The SMILES string of the molecule is Cc1nc2ccc(Nc3nc(=O)c4c(ncn4CCCF)n3Cc3ccc(Cl)cc3)cc2s1. The number of anilines is 2. The average molecular weight is 483 g/mol. The van der Waals surface area contributed by atoms with Gasteiger partial charge in [0.1, 0.15) is 0 Å². The fourth-order valence-corrected chi connectivity index (χ4v) is 4.75. The molecule has 0 unspecified atom stereocenters. The van der Waals surface area contributed by atoms with Gasteiger partial charge in [0.05, 0.1) is 34.8 Å². The van der Waals surface area contributed by atoms with Crippen molar-refractivity contribution in [2.75, 3.05) is 12.0 Å². The zero-order chi connectivity index (χ0) is 22.9. The second-order valence-electron chi connectivity index (χ2n) is 7.65. The number of hydrogen-bond donors (Lipinski definition) is 1. The summed E-state index contributed by atoms with van der Waals surface area (Å²) in [4.78, 5) is 26.3. The number of benzene rings is 2. The number of alkyl halides is 1. The Kier molecular flexibility index (Phi) is 5.82. The minimum Gasteiger partial charge on any atom is -0.325 e. The third-order valence-corrected chi connectivity index (χ3v) is 6.46. The average Bonchev–Trinajstić information content (AvgIpc) is 3.39. The highest BCUT2D eigenvalue weighted by atomic mass is 35.5. The van der Waals surface area contributed by atoms with Crippen molar-refractivity contribution in [2.45, 2.75) is 26.4 Å². The van der Waals surface area contributed by atoms with Crippen molar-refractivity contribution in [2.24, 2.45) is 0 Å². The number of imidazole rings is 1. The Morgan fingerprint density at radius 2 is 1.97 bits per heavy atom. The molecular weight excluding hydrogens is 463 g/mol. The van der Waals surface area contributed by atoms with Crippen LogP contribution in [0.25, 0.3) is 21.4 Å². The second-order valence-corrected chi connectivity index (χ2v) is 9.32. The van der Waals surface area contributed by atoms with Crippen LogP contribution >= 0.6 is 22.9 Å². The highest BCUT2D eigenvalue weighted by Crippen LogP contribution is 2.27. The summed E-state index contributed by atoms with van der Waals surface area (Å²) < 4.78 is 17.3. The second kappa shape index (κ2) is 8.92. The topological polar surface area (TPSA) is 77.6 Å². The third-order valence-electron chi connectivity index (χ3n) is 5.28. The van der Waals surface area contributed by atoms with Gasteiger partial charge in [-0.05, 0) is 49.2 Å². The van der Waals surface area contributed by atoms with E-state index in [1.165, 1.54) is 0 Å².